The minimum Gasteiger partial charge on any atom is -0.382 e. The Kier molecular flexibility index (Phi) is 2.47. The van der Waals surface area contributed by atoms with Crippen molar-refractivity contribution in [3.05, 3.63) is 17.0 Å². The Morgan fingerprint density at radius 2 is 2.33 bits per heavy atom. The largest absolute Gasteiger partial charge is 0.382 e. The summed E-state index contributed by atoms with van der Waals surface area (Å²) >= 11 is 0. The number of H-pyrrole nitrogens is 1. The monoisotopic (exact) mass is 166 g/mol. The van der Waals surface area contributed by atoms with E-state index in [2.05, 4.69) is 22.1 Å². The van der Waals surface area contributed by atoms with E-state index in [4.69, 9.17) is 5.73 Å². The number of nitrogens with two attached hydrogens (primary N) is 1. The standard InChI is InChI=1S/C8H14N4/c1-4-6-5(2)7(12-11-6)8(9)10-3/h4H2,1-3H3,(H2,9,10)(H,11,12). The molecule has 0 fully saturated rings. The van der Waals surface area contributed by atoms with Crippen LogP contribution in [0.15, 0.2) is 4.99 Å². The summed E-state index contributed by atoms with van der Waals surface area (Å²) in [7, 11) is 1.66. The molecule has 4 heteroatoms. The first-order valence-corrected chi connectivity index (χ1v) is 3.97. The van der Waals surface area contributed by atoms with Gasteiger partial charge in [0.05, 0.1) is 0 Å². The molecule has 3 N–H and O–H groups in total. The molecule has 1 aromatic heterocycles. The summed E-state index contributed by atoms with van der Waals surface area (Å²) in [5.74, 6) is 0.489. The van der Waals surface area contributed by atoms with Crippen LogP contribution in [0.4, 0.5) is 0 Å². The predicted octanol–water partition coefficient (Wildman–Crippen LogP) is 0.616. The summed E-state index contributed by atoms with van der Waals surface area (Å²) in [6.07, 6.45) is 0.940. The number of aliphatic imine (C=N–C) groups is 1. The van der Waals surface area contributed by atoms with Crippen molar-refractivity contribution in [3.8, 4) is 0 Å². The second-order valence-corrected chi connectivity index (χ2v) is 2.64. The molecule has 0 radical (unpaired) electrons. The maximum absolute atomic E-state index is 5.63. The van der Waals surface area contributed by atoms with E-state index in [1.54, 1.807) is 7.05 Å². The zero-order valence-corrected chi connectivity index (χ0v) is 7.68. The number of aromatic amines is 1. The van der Waals surface area contributed by atoms with Crippen LogP contribution in [0.3, 0.4) is 0 Å². The molecule has 0 aromatic carbocycles. The predicted molar refractivity (Wildman–Crippen MR) is 49.4 cm³/mol. The number of aromatic nitrogens is 2. The molecule has 0 aliphatic rings. The van der Waals surface area contributed by atoms with Gasteiger partial charge in [-0.25, -0.2) is 0 Å². The Balaban J connectivity index is 3.10. The number of rotatable bonds is 2. The molecule has 1 heterocycles. The molecule has 0 amide bonds. The molecule has 66 valence electrons. The molecule has 0 saturated carbocycles. The van der Waals surface area contributed by atoms with Crippen LogP contribution in [0.25, 0.3) is 0 Å². The van der Waals surface area contributed by atoms with Crippen LogP contribution >= 0.6 is 0 Å². The van der Waals surface area contributed by atoms with E-state index in [0.29, 0.717) is 5.84 Å². The minimum atomic E-state index is 0.489. The fraction of sp³-hybridized carbons (Fsp3) is 0.500. The quantitative estimate of drug-likeness (QED) is 0.499. The third kappa shape index (κ3) is 1.32. The van der Waals surface area contributed by atoms with Crippen molar-refractivity contribution in [2.45, 2.75) is 20.3 Å². The first kappa shape index (κ1) is 8.77. The molecule has 4 nitrogen and oxygen atoms in total. The molecule has 0 saturated heterocycles. The molecule has 0 unspecified atom stereocenters. The normalized spacial score (nSPS) is 12.1. The van der Waals surface area contributed by atoms with Gasteiger partial charge in [-0.1, -0.05) is 6.92 Å². The molecule has 0 atom stereocenters. The van der Waals surface area contributed by atoms with Crippen LogP contribution in [-0.4, -0.2) is 23.1 Å². The minimum absolute atomic E-state index is 0.489. The van der Waals surface area contributed by atoms with Crippen LogP contribution in [0, 0.1) is 6.92 Å². The van der Waals surface area contributed by atoms with Gasteiger partial charge in [-0.15, -0.1) is 0 Å². The van der Waals surface area contributed by atoms with Crippen molar-refractivity contribution in [1.29, 1.82) is 0 Å². The first-order chi connectivity index (χ1) is 5.70. The topological polar surface area (TPSA) is 67.1 Å². The van der Waals surface area contributed by atoms with Gasteiger partial charge in [-0.3, -0.25) is 10.1 Å². The summed E-state index contributed by atoms with van der Waals surface area (Å²) in [6, 6.07) is 0. The zero-order chi connectivity index (χ0) is 9.14. The van der Waals surface area contributed by atoms with Crippen molar-refractivity contribution in [1.82, 2.24) is 10.2 Å². The Morgan fingerprint density at radius 3 is 2.75 bits per heavy atom. The molecule has 0 bridgehead atoms. The summed E-state index contributed by atoms with van der Waals surface area (Å²) in [6.45, 7) is 4.07. The Hall–Kier alpha value is -1.32. The van der Waals surface area contributed by atoms with Gasteiger partial charge in [0.15, 0.2) is 0 Å². The first-order valence-electron chi connectivity index (χ1n) is 3.97. The molecule has 0 spiro atoms. The summed E-state index contributed by atoms with van der Waals surface area (Å²) in [5.41, 5.74) is 8.62. The van der Waals surface area contributed by atoms with Crippen LogP contribution in [0.1, 0.15) is 23.9 Å². The Morgan fingerprint density at radius 1 is 1.67 bits per heavy atom. The fourth-order valence-corrected chi connectivity index (χ4v) is 1.13. The highest BCUT2D eigenvalue weighted by Crippen LogP contribution is 2.09. The van der Waals surface area contributed by atoms with E-state index < -0.39 is 0 Å². The van der Waals surface area contributed by atoms with Crippen molar-refractivity contribution in [2.24, 2.45) is 10.7 Å². The van der Waals surface area contributed by atoms with Gasteiger partial charge < -0.3 is 5.73 Å². The second-order valence-electron chi connectivity index (χ2n) is 2.64. The number of hydrogen-bond acceptors (Lipinski definition) is 2. The van der Waals surface area contributed by atoms with Crippen LogP contribution in [0.5, 0.6) is 0 Å². The van der Waals surface area contributed by atoms with E-state index in [9.17, 15) is 0 Å². The van der Waals surface area contributed by atoms with Gasteiger partial charge in [0.1, 0.15) is 11.5 Å². The average Bonchev–Trinajstić information content (AvgIpc) is 2.45. The number of aryl methyl sites for hydroxylation is 1. The van der Waals surface area contributed by atoms with E-state index in [1.165, 1.54) is 0 Å². The molecule has 1 aromatic rings. The number of nitrogens with one attached hydrogen (secondary N) is 1. The lowest BCUT2D eigenvalue weighted by molar-refractivity contribution is 0.966. The summed E-state index contributed by atoms with van der Waals surface area (Å²) < 4.78 is 0. The van der Waals surface area contributed by atoms with E-state index in [1.807, 2.05) is 6.92 Å². The zero-order valence-electron chi connectivity index (χ0n) is 7.68. The average molecular weight is 166 g/mol. The van der Waals surface area contributed by atoms with Crippen molar-refractivity contribution < 1.29 is 0 Å². The maximum Gasteiger partial charge on any atom is 0.146 e. The van der Waals surface area contributed by atoms with E-state index in [-0.39, 0.29) is 0 Å². The second kappa shape index (κ2) is 3.38. The summed E-state index contributed by atoms with van der Waals surface area (Å²) in [4.78, 5) is 3.88. The molecule has 0 aliphatic heterocycles. The third-order valence-electron chi connectivity index (χ3n) is 1.95. The van der Waals surface area contributed by atoms with Gasteiger partial charge >= 0.3 is 0 Å². The van der Waals surface area contributed by atoms with Gasteiger partial charge in [0.25, 0.3) is 0 Å². The summed E-state index contributed by atoms with van der Waals surface area (Å²) in [5, 5.41) is 7.00. The van der Waals surface area contributed by atoms with Gasteiger partial charge in [-0.2, -0.15) is 5.10 Å². The number of hydrogen-bond donors (Lipinski definition) is 2. The Bertz CT molecular complexity index is 298. The highest BCUT2D eigenvalue weighted by atomic mass is 15.1. The molecule has 12 heavy (non-hydrogen) atoms. The van der Waals surface area contributed by atoms with Crippen molar-refractivity contribution in [3.63, 3.8) is 0 Å². The van der Waals surface area contributed by atoms with Gasteiger partial charge in [-0.05, 0) is 13.3 Å². The van der Waals surface area contributed by atoms with Crippen LogP contribution in [-0.2, 0) is 6.42 Å². The van der Waals surface area contributed by atoms with Crippen molar-refractivity contribution >= 4 is 5.84 Å². The maximum atomic E-state index is 5.63. The SMILES string of the molecule is CCc1[nH]nc(C(N)=NC)c1C. The number of nitrogens with zero attached hydrogens (tertiary/aromatic N) is 2. The molecule has 0 aliphatic carbocycles. The highest BCUT2D eigenvalue weighted by molar-refractivity contribution is 5.96. The number of amidine groups is 1. The van der Waals surface area contributed by atoms with E-state index in [0.717, 1.165) is 23.4 Å². The molecular formula is C8H14N4. The molecular weight excluding hydrogens is 152 g/mol. The van der Waals surface area contributed by atoms with E-state index >= 15 is 0 Å². The van der Waals surface area contributed by atoms with Crippen LogP contribution < -0.4 is 5.73 Å². The smallest absolute Gasteiger partial charge is 0.146 e. The fourth-order valence-electron chi connectivity index (χ4n) is 1.13. The van der Waals surface area contributed by atoms with Crippen molar-refractivity contribution in [2.75, 3.05) is 7.05 Å². The third-order valence-corrected chi connectivity index (χ3v) is 1.95. The van der Waals surface area contributed by atoms with Crippen LogP contribution in [0.2, 0.25) is 0 Å². The molecule has 1 rings (SSSR count). The Labute approximate surface area is 71.9 Å². The lowest BCUT2D eigenvalue weighted by atomic mass is 10.1. The lowest BCUT2D eigenvalue weighted by Gasteiger charge is -1.95. The van der Waals surface area contributed by atoms with Gasteiger partial charge in [0.2, 0.25) is 0 Å². The lowest BCUT2D eigenvalue weighted by Crippen LogP contribution is -2.14. The van der Waals surface area contributed by atoms with Gasteiger partial charge in [0, 0.05) is 18.3 Å². The highest BCUT2D eigenvalue weighted by Gasteiger charge is 2.09.